The van der Waals surface area contributed by atoms with Crippen molar-refractivity contribution in [1.82, 2.24) is 0 Å². The highest BCUT2D eigenvalue weighted by molar-refractivity contribution is 4.71. The highest BCUT2D eigenvalue weighted by atomic mass is 14.6. The van der Waals surface area contributed by atoms with Gasteiger partial charge in [-0.2, -0.15) is 0 Å². The van der Waals surface area contributed by atoms with E-state index in [-0.39, 0.29) is 0 Å². The zero-order chi connectivity index (χ0) is 9.52. The second-order valence-electron chi connectivity index (χ2n) is 4.64. The van der Waals surface area contributed by atoms with E-state index in [9.17, 15) is 0 Å². The number of unbranched alkanes of at least 4 members (excludes halogenated alkanes) is 1. The third-order valence-corrected chi connectivity index (χ3v) is 3.29. The van der Waals surface area contributed by atoms with E-state index in [0.29, 0.717) is 6.04 Å². The maximum atomic E-state index is 6.09. The molecule has 0 saturated heterocycles. The molecule has 0 radical (unpaired) electrons. The monoisotopic (exact) mass is 183 g/mol. The Hall–Kier alpha value is -0.0400. The van der Waals surface area contributed by atoms with Crippen LogP contribution in [0.4, 0.5) is 0 Å². The molecule has 0 aromatic carbocycles. The van der Waals surface area contributed by atoms with Crippen LogP contribution in [0, 0.1) is 5.92 Å². The second kappa shape index (κ2) is 6.42. The molecule has 78 valence electrons. The van der Waals surface area contributed by atoms with Crippen LogP contribution in [0.15, 0.2) is 0 Å². The Labute approximate surface area is 83.1 Å². The van der Waals surface area contributed by atoms with Gasteiger partial charge in [-0.1, -0.05) is 51.9 Å². The van der Waals surface area contributed by atoms with Crippen molar-refractivity contribution in [1.29, 1.82) is 0 Å². The van der Waals surface area contributed by atoms with Gasteiger partial charge in [0.25, 0.3) is 0 Å². The fraction of sp³-hybridized carbons (Fsp3) is 1.00. The van der Waals surface area contributed by atoms with Crippen LogP contribution in [0.1, 0.15) is 64.7 Å². The Balaban J connectivity index is 2.07. The van der Waals surface area contributed by atoms with Crippen LogP contribution in [0.5, 0.6) is 0 Å². The first-order valence-electron chi connectivity index (χ1n) is 6.08. The average Bonchev–Trinajstić information content (AvgIpc) is 2.16. The minimum absolute atomic E-state index is 0.489. The fourth-order valence-electron chi connectivity index (χ4n) is 2.44. The minimum Gasteiger partial charge on any atom is -0.328 e. The predicted molar refractivity (Wildman–Crippen MR) is 58.7 cm³/mol. The van der Waals surface area contributed by atoms with Gasteiger partial charge in [0.15, 0.2) is 0 Å². The molecule has 1 aliphatic rings. The second-order valence-corrected chi connectivity index (χ2v) is 4.64. The Morgan fingerprint density at radius 1 is 1.23 bits per heavy atom. The third kappa shape index (κ3) is 4.66. The van der Waals surface area contributed by atoms with E-state index in [2.05, 4.69) is 6.92 Å². The van der Waals surface area contributed by atoms with E-state index < -0.39 is 0 Å². The first-order chi connectivity index (χ1) is 6.33. The van der Waals surface area contributed by atoms with Gasteiger partial charge in [0.2, 0.25) is 0 Å². The molecule has 1 fully saturated rings. The molecule has 1 heteroatoms. The highest BCUT2D eigenvalue weighted by Crippen LogP contribution is 2.27. The lowest BCUT2D eigenvalue weighted by atomic mass is 9.84. The van der Waals surface area contributed by atoms with Crippen molar-refractivity contribution >= 4 is 0 Å². The lowest BCUT2D eigenvalue weighted by molar-refractivity contribution is 0.310. The molecule has 1 aliphatic carbocycles. The summed E-state index contributed by atoms with van der Waals surface area (Å²) >= 11 is 0. The maximum absolute atomic E-state index is 6.09. The summed E-state index contributed by atoms with van der Waals surface area (Å²) in [6, 6.07) is 0.489. The fourth-order valence-corrected chi connectivity index (χ4v) is 2.44. The first kappa shape index (κ1) is 11.0. The Bertz CT molecular complexity index is 116. The Morgan fingerprint density at radius 3 is 2.54 bits per heavy atom. The zero-order valence-electron chi connectivity index (χ0n) is 9.10. The average molecular weight is 183 g/mol. The Morgan fingerprint density at radius 2 is 1.92 bits per heavy atom. The molecule has 2 N–H and O–H groups in total. The van der Waals surface area contributed by atoms with Gasteiger partial charge in [0.1, 0.15) is 0 Å². The standard InChI is InChI=1S/C12H25N/c1-2-3-9-12(13)10-11-7-5-4-6-8-11/h11-12H,2-10,13H2,1H3/t12-/m1/s1. The molecule has 0 aromatic heterocycles. The smallest absolute Gasteiger partial charge is 0.00414 e. The molecule has 13 heavy (non-hydrogen) atoms. The summed E-state index contributed by atoms with van der Waals surface area (Å²) in [7, 11) is 0. The SMILES string of the molecule is CCCC[C@@H](N)CC1CCCCC1. The van der Waals surface area contributed by atoms with E-state index in [0.717, 1.165) is 5.92 Å². The van der Waals surface area contributed by atoms with Gasteiger partial charge in [-0.15, -0.1) is 0 Å². The lowest BCUT2D eigenvalue weighted by Gasteiger charge is -2.24. The number of hydrogen-bond acceptors (Lipinski definition) is 1. The van der Waals surface area contributed by atoms with Crippen LogP contribution in [-0.2, 0) is 0 Å². The van der Waals surface area contributed by atoms with Crippen molar-refractivity contribution in [3.8, 4) is 0 Å². The quantitative estimate of drug-likeness (QED) is 0.694. The summed E-state index contributed by atoms with van der Waals surface area (Å²) in [6.07, 6.45) is 12.4. The number of nitrogens with two attached hydrogens (primary N) is 1. The van der Waals surface area contributed by atoms with Crippen molar-refractivity contribution in [3.63, 3.8) is 0 Å². The van der Waals surface area contributed by atoms with Crippen LogP contribution in [0.3, 0.4) is 0 Å². The zero-order valence-corrected chi connectivity index (χ0v) is 9.10. The molecule has 1 saturated carbocycles. The van der Waals surface area contributed by atoms with Gasteiger partial charge < -0.3 is 5.73 Å². The summed E-state index contributed by atoms with van der Waals surface area (Å²) in [5.41, 5.74) is 6.09. The van der Waals surface area contributed by atoms with Gasteiger partial charge in [-0.05, 0) is 18.8 Å². The van der Waals surface area contributed by atoms with Crippen LogP contribution in [0.2, 0.25) is 0 Å². The molecule has 0 unspecified atom stereocenters. The summed E-state index contributed by atoms with van der Waals surface area (Å²) in [6.45, 7) is 2.24. The molecule has 1 atom stereocenters. The first-order valence-corrected chi connectivity index (χ1v) is 6.08. The van der Waals surface area contributed by atoms with Crippen LogP contribution in [0.25, 0.3) is 0 Å². The lowest BCUT2D eigenvalue weighted by Crippen LogP contribution is -2.24. The number of rotatable bonds is 5. The van der Waals surface area contributed by atoms with Gasteiger partial charge in [0, 0.05) is 6.04 Å². The van der Waals surface area contributed by atoms with E-state index in [1.165, 1.54) is 57.8 Å². The summed E-state index contributed by atoms with van der Waals surface area (Å²) in [4.78, 5) is 0. The van der Waals surface area contributed by atoms with Gasteiger partial charge in [-0.3, -0.25) is 0 Å². The minimum atomic E-state index is 0.489. The molecular formula is C12H25N. The van der Waals surface area contributed by atoms with Gasteiger partial charge in [-0.25, -0.2) is 0 Å². The van der Waals surface area contributed by atoms with Crippen LogP contribution >= 0.6 is 0 Å². The van der Waals surface area contributed by atoms with Gasteiger partial charge >= 0.3 is 0 Å². The highest BCUT2D eigenvalue weighted by Gasteiger charge is 2.16. The van der Waals surface area contributed by atoms with Crippen molar-refractivity contribution in [3.05, 3.63) is 0 Å². The van der Waals surface area contributed by atoms with Crippen molar-refractivity contribution < 1.29 is 0 Å². The molecule has 0 amide bonds. The molecule has 0 heterocycles. The van der Waals surface area contributed by atoms with E-state index in [4.69, 9.17) is 5.73 Å². The van der Waals surface area contributed by atoms with Crippen LogP contribution < -0.4 is 5.73 Å². The van der Waals surface area contributed by atoms with E-state index >= 15 is 0 Å². The molecule has 0 spiro atoms. The summed E-state index contributed by atoms with van der Waals surface area (Å²) < 4.78 is 0. The molecule has 0 aromatic rings. The van der Waals surface area contributed by atoms with Crippen molar-refractivity contribution in [2.75, 3.05) is 0 Å². The molecule has 0 aliphatic heterocycles. The van der Waals surface area contributed by atoms with Crippen LogP contribution in [-0.4, -0.2) is 6.04 Å². The Kier molecular flexibility index (Phi) is 5.45. The molecule has 1 nitrogen and oxygen atoms in total. The molecule has 1 rings (SSSR count). The van der Waals surface area contributed by atoms with E-state index in [1.54, 1.807) is 0 Å². The largest absolute Gasteiger partial charge is 0.328 e. The molecule has 0 bridgehead atoms. The van der Waals surface area contributed by atoms with Gasteiger partial charge in [0.05, 0.1) is 0 Å². The summed E-state index contributed by atoms with van der Waals surface area (Å²) in [5.74, 6) is 0.959. The van der Waals surface area contributed by atoms with Crippen molar-refractivity contribution in [2.24, 2.45) is 11.7 Å². The molecular weight excluding hydrogens is 158 g/mol. The topological polar surface area (TPSA) is 26.0 Å². The number of hydrogen-bond donors (Lipinski definition) is 1. The van der Waals surface area contributed by atoms with E-state index in [1.807, 2.05) is 0 Å². The van der Waals surface area contributed by atoms with Crippen molar-refractivity contribution in [2.45, 2.75) is 70.8 Å². The predicted octanol–water partition coefficient (Wildman–Crippen LogP) is 3.47. The maximum Gasteiger partial charge on any atom is 0.00414 e. The third-order valence-electron chi connectivity index (χ3n) is 3.29. The normalized spacial score (nSPS) is 21.7. The summed E-state index contributed by atoms with van der Waals surface area (Å²) in [5, 5.41) is 0.